The fourth-order valence-electron chi connectivity index (χ4n) is 1.99. The number of anilines is 2. The maximum atomic E-state index is 12.3. The number of nitrogens with two attached hydrogens (primary N) is 1. The number of hydrogen-bond donors (Lipinski definition) is 3. The maximum absolute atomic E-state index is 12.3. The molecule has 0 saturated heterocycles. The molecule has 0 saturated carbocycles. The summed E-state index contributed by atoms with van der Waals surface area (Å²) in [4.78, 5) is 24.1. The van der Waals surface area contributed by atoms with E-state index in [1.807, 2.05) is 13.0 Å². The van der Waals surface area contributed by atoms with Gasteiger partial charge >= 0.3 is 0 Å². The number of rotatable bonds is 3. The fourth-order valence-corrected chi connectivity index (χ4v) is 1.99. The Balaban J connectivity index is 2.32. The van der Waals surface area contributed by atoms with Gasteiger partial charge in [-0.1, -0.05) is 24.3 Å². The number of nitrogen functional groups attached to an aromatic ring is 1. The Labute approximate surface area is 123 Å². The summed E-state index contributed by atoms with van der Waals surface area (Å²) in [5.41, 5.74) is 8.43. The smallest absolute Gasteiger partial charge is 0.257 e. The van der Waals surface area contributed by atoms with Crippen molar-refractivity contribution in [3.05, 3.63) is 59.2 Å². The van der Waals surface area contributed by atoms with Gasteiger partial charge in [-0.2, -0.15) is 0 Å². The lowest BCUT2D eigenvalue weighted by Crippen LogP contribution is -2.22. The Hall–Kier alpha value is -2.82. The summed E-state index contributed by atoms with van der Waals surface area (Å²) >= 11 is 0. The van der Waals surface area contributed by atoms with Crippen molar-refractivity contribution in [2.45, 2.75) is 6.92 Å². The molecule has 2 aromatic carbocycles. The van der Waals surface area contributed by atoms with Crippen LogP contribution >= 0.6 is 0 Å². The van der Waals surface area contributed by atoms with E-state index >= 15 is 0 Å². The zero-order valence-electron chi connectivity index (χ0n) is 11.9. The van der Waals surface area contributed by atoms with E-state index in [0.29, 0.717) is 22.5 Å². The van der Waals surface area contributed by atoms with Crippen LogP contribution in [0.4, 0.5) is 11.4 Å². The van der Waals surface area contributed by atoms with E-state index in [2.05, 4.69) is 10.6 Å². The van der Waals surface area contributed by atoms with Gasteiger partial charge in [-0.25, -0.2) is 0 Å². The Kier molecular flexibility index (Phi) is 4.23. The topological polar surface area (TPSA) is 84.2 Å². The lowest BCUT2D eigenvalue weighted by atomic mass is 10.1. The van der Waals surface area contributed by atoms with E-state index in [4.69, 9.17) is 5.73 Å². The molecule has 0 aromatic heterocycles. The van der Waals surface area contributed by atoms with Gasteiger partial charge < -0.3 is 16.4 Å². The third-order valence-corrected chi connectivity index (χ3v) is 3.22. The van der Waals surface area contributed by atoms with Gasteiger partial charge in [-0.05, 0) is 30.7 Å². The largest absolute Gasteiger partial charge is 0.398 e. The van der Waals surface area contributed by atoms with Crippen LogP contribution < -0.4 is 16.4 Å². The molecule has 0 spiro atoms. The number of amides is 2. The van der Waals surface area contributed by atoms with Gasteiger partial charge in [-0.3, -0.25) is 9.59 Å². The number of carbonyl (C=O) groups is 2. The van der Waals surface area contributed by atoms with Crippen LogP contribution in [-0.2, 0) is 0 Å². The predicted octanol–water partition coefficient (Wildman–Crippen LogP) is 2.19. The first-order valence-electron chi connectivity index (χ1n) is 6.52. The summed E-state index contributed by atoms with van der Waals surface area (Å²) in [5, 5.41) is 5.27. The molecule has 0 radical (unpaired) electrons. The van der Waals surface area contributed by atoms with Crippen LogP contribution in [0.5, 0.6) is 0 Å². The molecule has 21 heavy (non-hydrogen) atoms. The minimum Gasteiger partial charge on any atom is -0.398 e. The number of hydrogen-bond acceptors (Lipinski definition) is 3. The van der Waals surface area contributed by atoms with E-state index in [1.54, 1.807) is 43.4 Å². The molecule has 108 valence electrons. The maximum Gasteiger partial charge on any atom is 0.257 e. The van der Waals surface area contributed by atoms with Crippen LogP contribution in [-0.4, -0.2) is 18.9 Å². The molecule has 0 aliphatic rings. The van der Waals surface area contributed by atoms with Crippen LogP contribution in [0.3, 0.4) is 0 Å². The lowest BCUT2D eigenvalue weighted by Gasteiger charge is -2.12. The third kappa shape index (κ3) is 3.02. The molecule has 0 unspecified atom stereocenters. The van der Waals surface area contributed by atoms with Crippen molar-refractivity contribution < 1.29 is 9.59 Å². The van der Waals surface area contributed by atoms with Gasteiger partial charge in [0.2, 0.25) is 0 Å². The van der Waals surface area contributed by atoms with Gasteiger partial charge in [0.25, 0.3) is 11.8 Å². The van der Waals surface area contributed by atoms with Crippen LogP contribution in [0.2, 0.25) is 0 Å². The summed E-state index contributed by atoms with van der Waals surface area (Å²) in [7, 11) is 1.54. The summed E-state index contributed by atoms with van der Waals surface area (Å²) in [6.07, 6.45) is 0. The minimum absolute atomic E-state index is 0.261. The van der Waals surface area contributed by atoms with Gasteiger partial charge in [0.1, 0.15) is 0 Å². The normalized spacial score (nSPS) is 10.0. The highest BCUT2D eigenvalue weighted by Gasteiger charge is 2.15. The molecule has 0 atom stereocenters. The van der Waals surface area contributed by atoms with E-state index < -0.39 is 0 Å². The Morgan fingerprint density at radius 3 is 2.33 bits per heavy atom. The molecule has 2 rings (SSSR count). The number of benzene rings is 2. The van der Waals surface area contributed by atoms with E-state index in [-0.39, 0.29) is 11.8 Å². The van der Waals surface area contributed by atoms with Crippen molar-refractivity contribution in [2.24, 2.45) is 0 Å². The molecule has 2 amide bonds. The minimum atomic E-state index is -0.340. The van der Waals surface area contributed by atoms with Gasteiger partial charge in [0.05, 0.1) is 16.8 Å². The van der Waals surface area contributed by atoms with Crippen molar-refractivity contribution in [1.29, 1.82) is 0 Å². The van der Waals surface area contributed by atoms with Crippen LogP contribution in [0.25, 0.3) is 0 Å². The number of aryl methyl sites for hydroxylation is 1. The zero-order chi connectivity index (χ0) is 15.4. The quantitative estimate of drug-likeness (QED) is 0.755. The highest BCUT2D eigenvalue weighted by atomic mass is 16.2. The van der Waals surface area contributed by atoms with Crippen molar-refractivity contribution in [1.82, 2.24) is 5.32 Å². The lowest BCUT2D eigenvalue weighted by molar-refractivity contribution is 0.0964. The molecule has 0 aliphatic carbocycles. The van der Waals surface area contributed by atoms with Crippen LogP contribution in [0.15, 0.2) is 42.5 Å². The Morgan fingerprint density at radius 1 is 0.952 bits per heavy atom. The molecular formula is C16H17N3O2. The highest BCUT2D eigenvalue weighted by Crippen LogP contribution is 2.20. The fraction of sp³-hybridized carbons (Fsp3) is 0.125. The van der Waals surface area contributed by atoms with Crippen molar-refractivity contribution in [3.8, 4) is 0 Å². The first-order valence-corrected chi connectivity index (χ1v) is 6.52. The molecule has 0 heterocycles. The SMILES string of the molecule is CNC(=O)c1ccccc1NC(=O)c1cccc(C)c1N. The number of para-hydroxylation sites is 2. The average molecular weight is 283 g/mol. The molecule has 4 N–H and O–H groups in total. The zero-order valence-corrected chi connectivity index (χ0v) is 11.9. The van der Waals surface area contributed by atoms with Crippen LogP contribution in [0, 0.1) is 6.92 Å². The first-order chi connectivity index (χ1) is 10.0. The second-order valence-electron chi connectivity index (χ2n) is 4.61. The van der Waals surface area contributed by atoms with Crippen molar-refractivity contribution in [2.75, 3.05) is 18.1 Å². The molecule has 0 bridgehead atoms. The summed E-state index contributed by atoms with van der Waals surface area (Å²) in [6, 6.07) is 12.1. The summed E-state index contributed by atoms with van der Waals surface area (Å²) in [5.74, 6) is -0.601. The van der Waals surface area contributed by atoms with Crippen LogP contribution in [0.1, 0.15) is 26.3 Å². The van der Waals surface area contributed by atoms with Crippen molar-refractivity contribution in [3.63, 3.8) is 0 Å². The molecule has 5 nitrogen and oxygen atoms in total. The Morgan fingerprint density at radius 2 is 1.62 bits per heavy atom. The van der Waals surface area contributed by atoms with E-state index in [9.17, 15) is 9.59 Å². The summed E-state index contributed by atoms with van der Waals surface area (Å²) < 4.78 is 0. The van der Waals surface area contributed by atoms with Gasteiger partial charge in [-0.15, -0.1) is 0 Å². The molecule has 2 aromatic rings. The highest BCUT2D eigenvalue weighted by molar-refractivity contribution is 6.11. The molecular weight excluding hydrogens is 266 g/mol. The third-order valence-electron chi connectivity index (χ3n) is 3.22. The second kappa shape index (κ2) is 6.09. The number of carbonyl (C=O) groups excluding carboxylic acids is 2. The first kappa shape index (κ1) is 14.6. The average Bonchev–Trinajstić information content (AvgIpc) is 2.49. The van der Waals surface area contributed by atoms with Crippen molar-refractivity contribution >= 4 is 23.2 Å². The predicted molar refractivity (Wildman–Crippen MR) is 83.4 cm³/mol. The summed E-state index contributed by atoms with van der Waals surface area (Å²) in [6.45, 7) is 1.84. The standard InChI is InChI=1S/C16H17N3O2/c1-10-6-5-8-12(14(10)17)16(21)19-13-9-4-3-7-11(13)15(20)18-2/h3-9H,17H2,1-2H3,(H,18,20)(H,19,21). The number of nitrogens with one attached hydrogen (secondary N) is 2. The molecule has 0 fully saturated rings. The second-order valence-corrected chi connectivity index (χ2v) is 4.61. The Bertz CT molecular complexity index is 696. The molecule has 0 aliphatic heterocycles. The van der Waals surface area contributed by atoms with Gasteiger partial charge in [0.15, 0.2) is 0 Å². The van der Waals surface area contributed by atoms with E-state index in [0.717, 1.165) is 5.56 Å². The van der Waals surface area contributed by atoms with Gasteiger partial charge in [0, 0.05) is 12.7 Å². The monoisotopic (exact) mass is 283 g/mol. The van der Waals surface area contributed by atoms with E-state index in [1.165, 1.54) is 0 Å². The molecule has 5 heteroatoms.